The number of aliphatic hydroxyl groups is 1. The third-order valence-corrected chi connectivity index (χ3v) is 4.34. The first kappa shape index (κ1) is 12.8. The Labute approximate surface area is 104 Å². The minimum Gasteiger partial charge on any atom is -0.389 e. The number of allylic oxidation sites excluding steroid dienone is 2. The molecular formula is C15H24O2. The van der Waals surface area contributed by atoms with Crippen molar-refractivity contribution in [2.45, 2.75) is 69.8 Å². The van der Waals surface area contributed by atoms with Crippen molar-refractivity contribution >= 4 is 5.78 Å². The van der Waals surface area contributed by atoms with E-state index in [-0.39, 0.29) is 5.92 Å². The summed E-state index contributed by atoms with van der Waals surface area (Å²) in [5, 5.41) is 10.7. The fraction of sp³-hybridized carbons (Fsp3) is 0.800. The Morgan fingerprint density at radius 2 is 1.76 bits per heavy atom. The summed E-state index contributed by atoms with van der Waals surface area (Å²) in [5.74, 6) is 0.210. The van der Waals surface area contributed by atoms with Crippen LogP contribution in [0, 0.1) is 5.92 Å². The van der Waals surface area contributed by atoms with Crippen molar-refractivity contribution in [1.82, 2.24) is 0 Å². The van der Waals surface area contributed by atoms with Crippen LogP contribution in [0.15, 0.2) is 12.2 Å². The van der Waals surface area contributed by atoms with Crippen molar-refractivity contribution in [1.29, 1.82) is 0 Å². The molecule has 0 aromatic rings. The van der Waals surface area contributed by atoms with Gasteiger partial charge in [0.25, 0.3) is 0 Å². The molecule has 2 rings (SSSR count). The van der Waals surface area contributed by atoms with Gasteiger partial charge in [-0.25, -0.2) is 0 Å². The Kier molecular flexibility index (Phi) is 4.38. The second-order valence-electron chi connectivity index (χ2n) is 5.62. The van der Waals surface area contributed by atoms with E-state index in [1.54, 1.807) is 0 Å². The summed E-state index contributed by atoms with van der Waals surface area (Å²) in [6.07, 6.45) is 13.8. The van der Waals surface area contributed by atoms with E-state index in [2.05, 4.69) is 12.2 Å². The molecule has 0 bridgehead atoms. The molecule has 17 heavy (non-hydrogen) atoms. The van der Waals surface area contributed by atoms with Crippen LogP contribution in [0.25, 0.3) is 0 Å². The molecule has 0 aromatic heterocycles. The van der Waals surface area contributed by atoms with Crippen LogP contribution >= 0.6 is 0 Å². The first-order valence-corrected chi connectivity index (χ1v) is 7.12. The Bertz CT molecular complexity index is 295. The van der Waals surface area contributed by atoms with Gasteiger partial charge in [-0.1, -0.05) is 31.4 Å². The van der Waals surface area contributed by atoms with Crippen LogP contribution in [0.3, 0.4) is 0 Å². The fourth-order valence-corrected chi connectivity index (χ4v) is 3.31. The number of ketones is 1. The van der Waals surface area contributed by atoms with Crippen LogP contribution < -0.4 is 0 Å². The third kappa shape index (κ3) is 3.19. The summed E-state index contributed by atoms with van der Waals surface area (Å²) < 4.78 is 0. The minimum absolute atomic E-state index is 0.0808. The topological polar surface area (TPSA) is 37.3 Å². The predicted molar refractivity (Wildman–Crippen MR) is 68.8 cm³/mol. The summed E-state index contributed by atoms with van der Waals surface area (Å²) >= 11 is 0. The zero-order valence-corrected chi connectivity index (χ0v) is 10.7. The van der Waals surface area contributed by atoms with Gasteiger partial charge in [0.15, 0.2) is 0 Å². The molecule has 2 atom stereocenters. The molecule has 0 aliphatic heterocycles. The van der Waals surface area contributed by atoms with Gasteiger partial charge in [-0.2, -0.15) is 0 Å². The quantitative estimate of drug-likeness (QED) is 0.655. The van der Waals surface area contributed by atoms with Gasteiger partial charge in [0.05, 0.1) is 5.60 Å². The third-order valence-electron chi connectivity index (χ3n) is 4.34. The van der Waals surface area contributed by atoms with Crippen molar-refractivity contribution in [3.8, 4) is 0 Å². The molecule has 2 aliphatic carbocycles. The van der Waals surface area contributed by atoms with E-state index in [9.17, 15) is 9.90 Å². The summed E-state index contributed by atoms with van der Waals surface area (Å²) in [7, 11) is 0. The minimum atomic E-state index is -0.681. The average molecular weight is 236 g/mol. The zero-order chi connectivity index (χ0) is 12.1. The summed E-state index contributed by atoms with van der Waals surface area (Å²) in [6.45, 7) is 0. The number of carbonyl (C=O) groups excluding carboxylic acids is 1. The second kappa shape index (κ2) is 5.81. The van der Waals surface area contributed by atoms with E-state index in [0.717, 1.165) is 57.8 Å². The van der Waals surface area contributed by atoms with Gasteiger partial charge in [-0.15, -0.1) is 0 Å². The molecule has 0 saturated heterocycles. The first-order chi connectivity index (χ1) is 8.22. The smallest absolute Gasteiger partial charge is 0.139 e. The number of fused-ring (bicyclic) bond motifs is 1. The Morgan fingerprint density at radius 3 is 2.59 bits per heavy atom. The predicted octanol–water partition coefficient (Wildman–Crippen LogP) is 3.39. The molecule has 0 amide bonds. The van der Waals surface area contributed by atoms with E-state index < -0.39 is 5.60 Å². The monoisotopic (exact) mass is 236 g/mol. The first-order valence-electron chi connectivity index (χ1n) is 7.12. The van der Waals surface area contributed by atoms with Crippen molar-refractivity contribution in [2.24, 2.45) is 5.92 Å². The maximum Gasteiger partial charge on any atom is 0.139 e. The Morgan fingerprint density at radius 1 is 1.06 bits per heavy atom. The second-order valence-corrected chi connectivity index (χ2v) is 5.62. The number of carbonyl (C=O) groups is 1. The standard InChI is InChI=1S/C15H24O2/c16-14-10-5-3-1-2-4-7-11-15(17)12-8-6-9-13(14)15/h1,3,13,17H,2,4-12H2/b3-1-/t13-,15-/m1/s1. The average Bonchev–Trinajstić information content (AvgIpc) is 2.34. The maximum atomic E-state index is 12.2. The van der Waals surface area contributed by atoms with Crippen molar-refractivity contribution in [2.75, 3.05) is 0 Å². The highest BCUT2D eigenvalue weighted by atomic mass is 16.3. The fourth-order valence-electron chi connectivity index (χ4n) is 3.31. The van der Waals surface area contributed by atoms with Crippen molar-refractivity contribution < 1.29 is 9.90 Å². The van der Waals surface area contributed by atoms with Gasteiger partial charge in [0.1, 0.15) is 5.78 Å². The highest BCUT2D eigenvalue weighted by Crippen LogP contribution is 2.39. The van der Waals surface area contributed by atoms with Gasteiger partial charge in [0.2, 0.25) is 0 Å². The van der Waals surface area contributed by atoms with Crippen molar-refractivity contribution in [3.63, 3.8) is 0 Å². The van der Waals surface area contributed by atoms with Gasteiger partial charge in [-0.3, -0.25) is 4.79 Å². The SMILES string of the molecule is O=C1CC/C=C\CCCC[C@@]2(O)CCCC[C@H]12. The van der Waals surface area contributed by atoms with Gasteiger partial charge < -0.3 is 5.11 Å². The molecule has 2 aliphatic rings. The normalized spacial score (nSPS) is 37.9. The summed E-state index contributed by atoms with van der Waals surface area (Å²) in [6, 6.07) is 0. The molecule has 1 fully saturated rings. The Hall–Kier alpha value is -0.630. The van der Waals surface area contributed by atoms with E-state index in [1.807, 2.05) is 0 Å². The highest BCUT2D eigenvalue weighted by molar-refractivity contribution is 5.82. The van der Waals surface area contributed by atoms with Crippen LogP contribution in [0.4, 0.5) is 0 Å². The lowest BCUT2D eigenvalue weighted by Crippen LogP contribution is -2.44. The molecule has 1 N–H and O–H groups in total. The highest BCUT2D eigenvalue weighted by Gasteiger charge is 2.41. The lowest BCUT2D eigenvalue weighted by Gasteiger charge is -2.39. The summed E-state index contributed by atoms with van der Waals surface area (Å²) in [4.78, 5) is 12.2. The number of hydrogen-bond donors (Lipinski definition) is 1. The van der Waals surface area contributed by atoms with E-state index >= 15 is 0 Å². The molecule has 1 saturated carbocycles. The molecule has 2 heteroatoms. The zero-order valence-electron chi connectivity index (χ0n) is 10.7. The van der Waals surface area contributed by atoms with E-state index in [0.29, 0.717) is 12.2 Å². The number of hydrogen-bond acceptors (Lipinski definition) is 2. The lowest BCUT2D eigenvalue weighted by atomic mass is 9.70. The number of Topliss-reactive ketones (excluding diaryl/α,β-unsaturated/α-hetero) is 1. The lowest BCUT2D eigenvalue weighted by molar-refractivity contribution is -0.137. The molecule has 0 heterocycles. The van der Waals surface area contributed by atoms with Crippen LogP contribution in [0.1, 0.15) is 64.2 Å². The molecule has 96 valence electrons. The Balaban J connectivity index is 2.10. The van der Waals surface area contributed by atoms with Crippen LogP contribution in [0.2, 0.25) is 0 Å². The molecule has 0 spiro atoms. The van der Waals surface area contributed by atoms with E-state index in [1.165, 1.54) is 0 Å². The molecular weight excluding hydrogens is 212 g/mol. The van der Waals surface area contributed by atoms with Gasteiger partial charge in [-0.05, 0) is 38.5 Å². The molecule has 0 aromatic carbocycles. The number of rotatable bonds is 0. The van der Waals surface area contributed by atoms with Crippen molar-refractivity contribution in [3.05, 3.63) is 12.2 Å². The maximum absolute atomic E-state index is 12.2. The van der Waals surface area contributed by atoms with Crippen LogP contribution in [-0.2, 0) is 4.79 Å². The van der Waals surface area contributed by atoms with Gasteiger partial charge >= 0.3 is 0 Å². The van der Waals surface area contributed by atoms with Crippen LogP contribution in [0.5, 0.6) is 0 Å². The van der Waals surface area contributed by atoms with Gasteiger partial charge in [0, 0.05) is 12.3 Å². The van der Waals surface area contributed by atoms with Crippen LogP contribution in [-0.4, -0.2) is 16.5 Å². The largest absolute Gasteiger partial charge is 0.389 e. The van der Waals surface area contributed by atoms with E-state index in [4.69, 9.17) is 0 Å². The molecule has 2 nitrogen and oxygen atoms in total. The summed E-state index contributed by atoms with van der Waals surface area (Å²) in [5.41, 5.74) is -0.681. The molecule has 0 radical (unpaired) electrons. The molecule has 0 unspecified atom stereocenters.